The van der Waals surface area contributed by atoms with Crippen molar-refractivity contribution in [1.82, 2.24) is 9.97 Å². The van der Waals surface area contributed by atoms with Gasteiger partial charge in [-0.05, 0) is 42.3 Å². The number of hydrogen-bond donors (Lipinski definition) is 2. The quantitative estimate of drug-likeness (QED) is 0.758. The molecular formula is C15H14BrN3. The zero-order chi connectivity index (χ0) is 13.2. The number of fused-ring (bicyclic) bond motifs is 1. The Hall–Kier alpha value is -1.81. The lowest BCUT2D eigenvalue weighted by Crippen LogP contribution is -2.00. The fraction of sp³-hybridized carbons (Fsp3) is 0.133. The van der Waals surface area contributed by atoms with Crippen LogP contribution in [-0.4, -0.2) is 9.97 Å². The van der Waals surface area contributed by atoms with Crippen LogP contribution in [0.3, 0.4) is 0 Å². The van der Waals surface area contributed by atoms with E-state index in [1.54, 1.807) is 6.20 Å². The molecule has 19 heavy (non-hydrogen) atoms. The van der Waals surface area contributed by atoms with Gasteiger partial charge in [0, 0.05) is 34.5 Å². The molecule has 0 saturated carbocycles. The number of aromatic amines is 1. The lowest BCUT2D eigenvalue weighted by atomic mass is 10.2. The van der Waals surface area contributed by atoms with Gasteiger partial charge in [0.25, 0.3) is 0 Å². The first-order valence-corrected chi connectivity index (χ1v) is 6.95. The standard InChI is InChI=1S/C15H14BrN3/c1-10-13(16)5-2-6-14(10)18-8-11-9-19-15-12(11)4-3-7-17-15/h2-7,9,18H,8H2,1H3,(H,17,19). The molecule has 0 atom stereocenters. The van der Waals surface area contributed by atoms with Crippen molar-refractivity contribution in [3.05, 3.63) is 58.3 Å². The lowest BCUT2D eigenvalue weighted by Gasteiger charge is -2.10. The molecule has 0 fully saturated rings. The normalized spacial score (nSPS) is 10.8. The molecule has 0 aliphatic rings. The van der Waals surface area contributed by atoms with Crippen LogP contribution in [0.2, 0.25) is 0 Å². The van der Waals surface area contributed by atoms with Crippen molar-refractivity contribution in [3.63, 3.8) is 0 Å². The van der Waals surface area contributed by atoms with Gasteiger partial charge in [-0.25, -0.2) is 4.98 Å². The predicted molar refractivity (Wildman–Crippen MR) is 82.3 cm³/mol. The molecule has 3 aromatic rings. The van der Waals surface area contributed by atoms with E-state index in [1.807, 2.05) is 18.3 Å². The predicted octanol–water partition coefficient (Wildman–Crippen LogP) is 4.25. The van der Waals surface area contributed by atoms with Crippen molar-refractivity contribution in [3.8, 4) is 0 Å². The second kappa shape index (κ2) is 5.05. The molecule has 2 aromatic heterocycles. The number of nitrogens with zero attached hydrogens (tertiary/aromatic N) is 1. The number of aromatic nitrogens is 2. The van der Waals surface area contributed by atoms with Crippen molar-refractivity contribution < 1.29 is 0 Å². The van der Waals surface area contributed by atoms with Gasteiger partial charge < -0.3 is 10.3 Å². The van der Waals surface area contributed by atoms with Crippen LogP contribution in [-0.2, 0) is 6.54 Å². The van der Waals surface area contributed by atoms with Crippen LogP contribution in [0.1, 0.15) is 11.1 Å². The molecule has 0 unspecified atom stereocenters. The second-order valence-electron chi connectivity index (χ2n) is 4.48. The number of hydrogen-bond acceptors (Lipinski definition) is 2. The van der Waals surface area contributed by atoms with Crippen LogP contribution in [0.15, 0.2) is 47.2 Å². The summed E-state index contributed by atoms with van der Waals surface area (Å²) in [5, 5.41) is 4.64. The summed E-state index contributed by atoms with van der Waals surface area (Å²) in [5.41, 5.74) is 4.53. The third-order valence-corrected chi connectivity index (χ3v) is 4.13. The third-order valence-electron chi connectivity index (χ3n) is 3.27. The summed E-state index contributed by atoms with van der Waals surface area (Å²) in [5.74, 6) is 0. The first-order valence-electron chi connectivity index (χ1n) is 6.15. The van der Waals surface area contributed by atoms with E-state index >= 15 is 0 Å². The van der Waals surface area contributed by atoms with Crippen LogP contribution in [0.4, 0.5) is 5.69 Å². The summed E-state index contributed by atoms with van der Waals surface area (Å²) in [4.78, 5) is 7.49. The minimum Gasteiger partial charge on any atom is -0.381 e. The minimum absolute atomic E-state index is 0.781. The molecule has 0 amide bonds. The van der Waals surface area contributed by atoms with Crippen molar-refractivity contribution in [2.24, 2.45) is 0 Å². The van der Waals surface area contributed by atoms with Crippen molar-refractivity contribution in [2.45, 2.75) is 13.5 Å². The largest absolute Gasteiger partial charge is 0.381 e. The van der Waals surface area contributed by atoms with Gasteiger partial charge in [-0.2, -0.15) is 0 Å². The molecule has 0 radical (unpaired) electrons. The molecule has 0 spiro atoms. The number of pyridine rings is 1. The molecule has 0 aliphatic heterocycles. The Balaban J connectivity index is 1.84. The highest BCUT2D eigenvalue weighted by molar-refractivity contribution is 9.10. The molecule has 0 aliphatic carbocycles. The fourth-order valence-electron chi connectivity index (χ4n) is 2.15. The maximum absolute atomic E-state index is 4.30. The second-order valence-corrected chi connectivity index (χ2v) is 5.33. The van der Waals surface area contributed by atoms with E-state index in [0.717, 1.165) is 22.4 Å². The van der Waals surface area contributed by atoms with E-state index in [2.05, 4.69) is 56.3 Å². The van der Waals surface area contributed by atoms with Crippen molar-refractivity contribution in [1.29, 1.82) is 0 Å². The van der Waals surface area contributed by atoms with Gasteiger partial charge in [0.1, 0.15) is 5.65 Å². The average Bonchev–Trinajstić information content (AvgIpc) is 2.84. The molecule has 1 aromatic carbocycles. The summed E-state index contributed by atoms with van der Waals surface area (Å²) >= 11 is 3.55. The van der Waals surface area contributed by atoms with Crippen LogP contribution in [0.25, 0.3) is 11.0 Å². The highest BCUT2D eigenvalue weighted by Gasteiger charge is 2.05. The maximum Gasteiger partial charge on any atom is 0.137 e. The number of anilines is 1. The summed E-state index contributed by atoms with van der Waals surface area (Å²) in [6.07, 6.45) is 3.81. The Morgan fingerprint density at radius 1 is 1.26 bits per heavy atom. The smallest absolute Gasteiger partial charge is 0.137 e. The number of benzene rings is 1. The van der Waals surface area contributed by atoms with E-state index in [-0.39, 0.29) is 0 Å². The molecule has 0 bridgehead atoms. The highest BCUT2D eigenvalue weighted by Crippen LogP contribution is 2.24. The van der Waals surface area contributed by atoms with Gasteiger partial charge in [-0.1, -0.05) is 22.0 Å². The Morgan fingerprint density at radius 2 is 2.16 bits per heavy atom. The molecule has 96 valence electrons. The molecule has 2 N–H and O–H groups in total. The SMILES string of the molecule is Cc1c(Br)cccc1NCc1c[nH]c2ncccc12. The minimum atomic E-state index is 0.781. The van der Waals surface area contributed by atoms with Crippen LogP contribution >= 0.6 is 15.9 Å². The summed E-state index contributed by atoms with van der Waals surface area (Å²) < 4.78 is 1.12. The maximum atomic E-state index is 4.30. The summed E-state index contributed by atoms with van der Waals surface area (Å²) in [6.45, 7) is 2.88. The molecule has 3 rings (SSSR count). The number of rotatable bonds is 3. The van der Waals surface area contributed by atoms with Crippen molar-refractivity contribution >= 4 is 32.7 Å². The summed E-state index contributed by atoms with van der Waals surface area (Å²) in [6, 6.07) is 10.2. The van der Waals surface area contributed by atoms with E-state index in [0.29, 0.717) is 0 Å². The van der Waals surface area contributed by atoms with E-state index < -0.39 is 0 Å². The van der Waals surface area contributed by atoms with Gasteiger partial charge in [-0.3, -0.25) is 0 Å². The molecule has 3 nitrogen and oxygen atoms in total. The molecule has 4 heteroatoms. The molecular weight excluding hydrogens is 302 g/mol. The Labute approximate surface area is 120 Å². The average molecular weight is 316 g/mol. The van der Waals surface area contributed by atoms with Gasteiger partial charge in [-0.15, -0.1) is 0 Å². The van der Waals surface area contributed by atoms with E-state index in [4.69, 9.17) is 0 Å². The fourth-order valence-corrected chi connectivity index (χ4v) is 2.51. The number of nitrogens with one attached hydrogen (secondary N) is 2. The van der Waals surface area contributed by atoms with Gasteiger partial charge >= 0.3 is 0 Å². The van der Waals surface area contributed by atoms with Crippen LogP contribution in [0.5, 0.6) is 0 Å². The molecule has 2 heterocycles. The first-order chi connectivity index (χ1) is 9.25. The Morgan fingerprint density at radius 3 is 3.05 bits per heavy atom. The van der Waals surface area contributed by atoms with Gasteiger partial charge in [0.05, 0.1) is 0 Å². The van der Waals surface area contributed by atoms with Gasteiger partial charge in [0.2, 0.25) is 0 Å². The summed E-state index contributed by atoms with van der Waals surface area (Å²) in [7, 11) is 0. The zero-order valence-electron chi connectivity index (χ0n) is 10.6. The topological polar surface area (TPSA) is 40.7 Å². The van der Waals surface area contributed by atoms with Crippen molar-refractivity contribution in [2.75, 3.05) is 5.32 Å². The third kappa shape index (κ3) is 2.36. The van der Waals surface area contributed by atoms with Gasteiger partial charge in [0.15, 0.2) is 0 Å². The monoisotopic (exact) mass is 315 g/mol. The highest BCUT2D eigenvalue weighted by atomic mass is 79.9. The molecule has 0 saturated heterocycles. The first kappa shape index (κ1) is 12.2. The van der Waals surface area contributed by atoms with Crippen LogP contribution in [0, 0.1) is 6.92 Å². The van der Waals surface area contributed by atoms with E-state index in [9.17, 15) is 0 Å². The Kier molecular flexibility index (Phi) is 3.25. The Bertz CT molecular complexity index is 718. The number of halogens is 1. The number of H-pyrrole nitrogens is 1. The zero-order valence-corrected chi connectivity index (χ0v) is 12.2. The van der Waals surface area contributed by atoms with E-state index in [1.165, 1.54) is 16.5 Å². The van der Waals surface area contributed by atoms with Crippen LogP contribution < -0.4 is 5.32 Å². The lowest BCUT2D eigenvalue weighted by molar-refractivity contribution is 1.15.